The van der Waals surface area contributed by atoms with E-state index in [1.165, 1.54) is 36.1 Å². The van der Waals surface area contributed by atoms with Crippen molar-refractivity contribution in [3.8, 4) is 29.2 Å². The Hall–Kier alpha value is -7.28. The van der Waals surface area contributed by atoms with Gasteiger partial charge in [0.1, 0.15) is 29.4 Å². The first-order chi connectivity index (χ1) is 31.5. The molecule has 2 aromatic carbocycles. The first-order valence-corrected chi connectivity index (χ1v) is 21.7. The molecule has 0 radical (unpaired) electrons. The summed E-state index contributed by atoms with van der Waals surface area (Å²) in [6, 6.07) is 19.5. The minimum absolute atomic E-state index is 0.0190. The van der Waals surface area contributed by atoms with Crippen molar-refractivity contribution >= 4 is 46.3 Å². The van der Waals surface area contributed by atoms with Crippen molar-refractivity contribution in [3.63, 3.8) is 0 Å². The van der Waals surface area contributed by atoms with Crippen molar-refractivity contribution < 1.29 is 38.1 Å². The third kappa shape index (κ3) is 10.3. The van der Waals surface area contributed by atoms with Crippen molar-refractivity contribution in [1.82, 2.24) is 49.8 Å². The Morgan fingerprint density at radius 2 is 1.05 bits per heavy atom. The number of piperidine rings is 2. The predicted octanol–water partition coefficient (Wildman–Crippen LogP) is 5.52. The summed E-state index contributed by atoms with van der Waals surface area (Å²) in [7, 11) is 2.55. The van der Waals surface area contributed by atoms with Crippen molar-refractivity contribution in [2.24, 2.45) is 0 Å². The van der Waals surface area contributed by atoms with Crippen LogP contribution in [0.2, 0.25) is 0 Å². The molecule has 6 heterocycles. The molecule has 6 aromatic rings. The number of esters is 2. The van der Waals surface area contributed by atoms with Gasteiger partial charge >= 0.3 is 11.9 Å². The third-order valence-electron chi connectivity index (χ3n) is 11.0. The van der Waals surface area contributed by atoms with E-state index in [-0.39, 0.29) is 52.9 Å². The van der Waals surface area contributed by atoms with Gasteiger partial charge in [0, 0.05) is 28.0 Å². The third-order valence-corrected chi connectivity index (χ3v) is 11.9. The highest BCUT2D eigenvalue weighted by molar-refractivity contribution is 14.1. The molecule has 2 fully saturated rings. The minimum Gasteiger partial charge on any atom is -0.472 e. The Morgan fingerprint density at radius 1 is 0.615 bits per heavy atom. The maximum atomic E-state index is 13.5. The van der Waals surface area contributed by atoms with E-state index < -0.39 is 18.0 Å². The minimum atomic E-state index is -0.701. The fraction of sp³-hybridized carbons (Fsp3) is 0.311. The molecule has 0 unspecified atom stereocenters. The second-order valence-corrected chi connectivity index (χ2v) is 16.2. The van der Waals surface area contributed by atoms with E-state index in [0.29, 0.717) is 57.6 Å². The number of methoxy groups -OCH3 is 2. The van der Waals surface area contributed by atoms with Crippen LogP contribution in [-0.4, -0.2) is 125 Å². The van der Waals surface area contributed by atoms with Crippen molar-refractivity contribution in [2.75, 3.05) is 27.3 Å². The van der Waals surface area contributed by atoms with E-state index in [4.69, 9.17) is 18.9 Å². The number of aromatic nitrogens is 8. The smallest absolute Gasteiger partial charge is 0.344 e. The monoisotopic (exact) mass is 993 g/mol. The number of ether oxygens (including phenoxy) is 4. The average molecular weight is 994 g/mol. The number of nitriles is 1. The highest BCUT2D eigenvalue weighted by atomic mass is 127. The van der Waals surface area contributed by atoms with Gasteiger partial charge < -0.3 is 28.7 Å². The normalized spacial score (nSPS) is 18.0. The standard InChI is InChI=1S/C23H22N6O4.C22H22IN5O4/c1-15-7-8-17(33-21-20(23(31)32-2)16(13-24)9-10-25-21)14-28(15)22(30)18-5-3-4-6-19(18)29-26-11-12-27-29;1-14-7-8-15(32-20-19(22(30)31-2)17(23)9-10-24-20)13-27(14)21(29)16-5-3-4-6-18(16)28-25-11-12-26-28/h3-6,9-12,15,17H,7-8,14H2,1-2H3;3-6,9-12,14-15H,7-8,13H2,1-2H3/t15-,17-;14-,15-/m11/s1. The second kappa shape index (κ2) is 20.9. The van der Waals surface area contributed by atoms with Gasteiger partial charge in [0.2, 0.25) is 11.8 Å². The summed E-state index contributed by atoms with van der Waals surface area (Å²) in [5.41, 5.74) is 2.57. The van der Waals surface area contributed by atoms with E-state index in [0.717, 1.165) is 12.8 Å². The number of rotatable bonds is 10. The topological polar surface area (TPSA) is 223 Å². The number of nitrogens with zero attached hydrogens (tertiary/aromatic N) is 11. The molecule has 20 heteroatoms. The number of hydrogen-bond donors (Lipinski definition) is 0. The summed E-state index contributed by atoms with van der Waals surface area (Å²) in [6.45, 7) is 4.67. The number of amides is 2. The molecule has 0 bridgehead atoms. The molecule has 65 heavy (non-hydrogen) atoms. The molecule has 334 valence electrons. The van der Waals surface area contributed by atoms with E-state index >= 15 is 0 Å². The van der Waals surface area contributed by atoms with Gasteiger partial charge in [-0.25, -0.2) is 19.6 Å². The van der Waals surface area contributed by atoms with Crippen LogP contribution in [0.3, 0.4) is 0 Å². The lowest BCUT2D eigenvalue weighted by Gasteiger charge is -2.38. The Bertz CT molecular complexity index is 2690. The Balaban J connectivity index is 0.000000194. The number of benzene rings is 2. The average Bonchev–Trinajstić information content (AvgIpc) is 4.09. The molecule has 2 aliphatic heterocycles. The SMILES string of the molecule is COC(=O)c1c(C#N)ccnc1O[C@@H]1CC[C@@H](C)N(C(=O)c2ccccc2-n2nccn2)C1.COC(=O)c1c(I)ccnc1O[C@@H]1CC[C@@H](C)N(C(=O)c2ccccc2-n2nccn2)C1. The van der Waals surface area contributed by atoms with Crippen LogP contribution >= 0.6 is 22.6 Å². The van der Waals surface area contributed by atoms with E-state index in [9.17, 15) is 24.4 Å². The zero-order valence-corrected chi connectivity index (χ0v) is 38.0. The zero-order chi connectivity index (χ0) is 46.0. The maximum absolute atomic E-state index is 13.5. The maximum Gasteiger partial charge on any atom is 0.344 e. The molecule has 0 saturated carbocycles. The number of pyridine rings is 2. The van der Waals surface area contributed by atoms with Gasteiger partial charge in [-0.2, -0.15) is 35.2 Å². The summed E-state index contributed by atoms with van der Waals surface area (Å²) in [5, 5.41) is 26.0. The van der Waals surface area contributed by atoms with Crippen molar-refractivity contribution in [1.29, 1.82) is 5.26 Å². The lowest BCUT2D eigenvalue weighted by Crippen LogP contribution is -2.49. The number of carbonyl (C=O) groups excluding carboxylic acids is 4. The molecule has 19 nitrogen and oxygen atoms in total. The summed E-state index contributed by atoms with van der Waals surface area (Å²) >= 11 is 2.05. The van der Waals surface area contributed by atoms with Crippen molar-refractivity contribution in [2.45, 2.75) is 63.8 Å². The number of carbonyl (C=O) groups is 4. The molecule has 2 aliphatic rings. The summed E-state index contributed by atoms with van der Waals surface area (Å²) < 4.78 is 22.5. The van der Waals surface area contributed by atoms with Gasteiger partial charge in [-0.05, 0) is 98.5 Å². The first kappa shape index (κ1) is 45.7. The van der Waals surface area contributed by atoms with Crippen LogP contribution in [0.15, 0.2) is 97.8 Å². The van der Waals surface area contributed by atoms with Crippen LogP contribution in [0, 0.1) is 14.9 Å². The van der Waals surface area contributed by atoms with Gasteiger partial charge in [-0.3, -0.25) is 9.59 Å². The van der Waals surface area contributed by atoms with Crippen LogP contribution in [-0.2, 0) is 9.47 Å². The predicted molar refractivity (Wildman–Crippen MR) is 240 cm³/mol. The molecule has 0 aliphatic carbocycles. The summed E-state index contributed by atoms with van der Waals surface area (Å²) in [5.74, 6) is -1.26. The number of hydrogen-bond acceptors (Lipinski definition) is 15. The van der Waals surface area contributed by atoms with Gasteiger partial charge in [0.25, 0.3) is 11.8 Å². The van der Waals surface area contributed by atoms with Crippen LogP contribution in [0.4, 0.5) is 0 Å². The Kier molecular flexibility index (Phi) is 14.7. The first-order valence-electron chi connectivity index (χ1n) is 20.6. The molecule has 8 rings (SSSR count). The lowest BCUT2D eigenvalue weighted by atomic mass is 9.99. The Morgan fingerprint density at radius 3 is 1.51 bits per heavy atom. The molecule has 2 saturated heterocycles. The van der Waals surface area contributed by atoms with E-state index in [2.05, 4.69) is 53.0 Å². The van der Waals surface area contributed by atoms with E-state index in [1.54, 1.807) is 71.1 Å². The fourth-order valence-electron chi connectivity index (χ4n) is 7.59. The largest absolute Gasteiger partial charge is 0.472 e. The molecule has 4 atom stereocenters. The number of para-hydroxylation sites is 2. The van der Waals surface area contributed by atoms with Gasteiger partial charge in [0.15, 0.2) is 0 Å². The molecule has 0 spiro atoms. The fourth-order valence-corrected chi connectivity index (χ4v) is 8.20. The quantitative estimate of drug-likeness (QED) is 0.122. The van der Waals surface area contributed by atoms with Crippen LogP contribution in [0.25, 0.3) is 11.4 Å². The van der Waals surface area contributed by atoms with Crippen LogP contribution in [0.1, 0.15) is 86.5 Å². The van der Waals surface area contributed by atoms with Gasteiger partial charge in [-0.1, -0.05) is 24.3 Å². The van der Waals surface area contributed by atoms with Crippen molar-refractivity contribution in [3.05, 3.63) is 129 Å². The summed E-state index contributed by atoms with van der Waals surface area (Å²) in [4.78, 5) is 66.3. The molecular formula is C45H44IN11O8. The second-order valence-electron chi connectivity index (χ2n) is 15.0. The zero-order valence-electron chi connectivity index (χ0n) is 35.9. The number of halogens is 1. The highest BCUT2D eigenvalue weighted by Gasteiger charge is 2.35. The van der Waals surface area contributed by atoms with Gasteiger partial charge in [0.05, 0.1) is 80.2 Å². The summed E-state index contributed by atoms with van der Waals surface area (Å²) in [6.07, 6.45) is 11.4. The molecule has 4 aromatic heterocycles. The molecular weight excluding hydrogens is 949 g/mol. The Labute approximate surface area is 387 Å². The lowest BCUT2D eigenvalue weighted by molar-refractivity contribution is 0.0357. The molecule has 2 amide bonds. The highest BCUT2D eigenvalue weighted by Crippen LogP contribution is 2.30. The van der Waals surface area contributed by atoms with Crippen LogP contribution < -0.4 is 9.47 Å². The number of likely N-dealkylation sites (tertiary alicyclic amines) is 2. The van der Waals surface area contributed by atoms with Crippen LogP contribution in [0.5, 0.6) is 11.8 Å². The van der Waals surface area contributed by atoms with Gasteiger partial charge in [-0.15, -0.1) is 0 Å². The molecule has 0 N–H and O–H groups in total. The van der Waals surface area contributed by atoms with E-state index in [1.807, 2.05) is 44.2 Å².